The number of nitro benzene ring substituents is 1. The van der Waals surface area contributed by atoms with Gasteiger partial charge in [-0.15, -0.1) is 0 Å². The lowest BCUT2D eigenvalue weighted by Crippen LogP contribution is -2.51. The first-order chi connectivity index (χ1) is 13.1. The highest BCUT2D eigenvalue weighted by molar-refractivity contribution is 7.86. The molecule has 1 aromatic rings. The van der Waals surface area contributed by atoms with E-state index in [-0.39, 0.29) is 17.1 Å². The van der Waals surface area contributed by atoms with E-state index in [4.69, 9.17) is 9.47 Å². The van der Waals surface area contributed by atoms with E-state index in [0.29, 0.717) is 0 Å². The van der Waals surface area contributed by atoms with Crippen LogP contribution in [-0.2, 0) is 24.4 Å². The van der Waals surface area contributed by atoms with Gasteiger partial charge < -0.3 is 13.7 Å². The summed E-state index contributed by atoms with van der Waals surface area (Å²) < 4.78 is 38.2. The first kappa shape index (κ1) is 22.5. The van der Waals surface area contributed by atoms with E-state index in [1.165, 1.54) is 21.0 Å². The molecule has 2 rings (SSSR count). The minimum Gasteiger partial charge on any atom is -0.497 e. The monoisotopic (exact) mass is 427 g/mol. The second-order valence-corrected chi connectivity index (χ2v) is 8.99. The predicted molar refractivity (Wildman–Crippen MR) is 101 cm³/mol. The number of nitro groups is 1. The normalized spacial score (nSPS) is 18.3. The fourth-order valence-electron chi connectivity index (χ4n) is 3.21. The van der Waals surface area contributed by atoms with Gasteiger partial charge in [0.15, 0.2) is 0 Å². The number of Topliss-reactive ketones (excluding diaryl/α,β-unsaturated/α-hetero) is 2. The van der Waals surface area contributed by atoms with Crippen molar-refractivity contribution in [3.05, 3.63) is 45.2 Å². The summed E-state index contributed by atoms with van der Waals surface area (Å²) in [5.74, 6) is -2.02. The van der Waals surface area contributed by atoms with E-state index in [0.717, 1.165) is 24.5 Å². The van der Waals surface area contributed by atoms with Crippen molar-refractivity contribution < 1.29 is 36.6 Å². The molecule has 0 N–H and O–H groups in total. The van der Waals surface area contributed by atoms with Crippen LogP contribution in [-0.4, -0.2) is 49.5 Å². The molecule has 1 aliphatic heterocycles. The number of ether oxygens (including phenoxy) is 2. The average Bonchev–Trinajstić information content (AvgIpc) is 2.54. The van der Waals surface area contributed by atoms with E-state index >= 15 is 0 Å². The van der Waals surface area contributed by atoms with Crippen LogP contribution in [0.2, 0.25) is 0 Å². The number of benzene rings is 1. The lowest BCUT2D eigenvalue weighted by Gasteiger charge is -2.41. The molecular formula is C18H21NO9S. The van der Waals surface area contributed by atoms with Crippen LogP contribution in [0, 0.1) is 10.1 Å². The molecule has 0 amide bonds. The van der Waals surface area contributed by atoms with Crippen molar-refractivity contribution in [3.8, 4) is 5.75 Å². The summed E-state index contributed by atoms with van der Waals surface area (Å²) in [6, 6.07) is 2.93. The lowest BCUT2D eigenvalue weighted by molar-refractivity contribution is -0.385. The predicted octanol–water partition coefficient (Wildman–Crippen LogP) is 2.17. The molecule has 0 bridgehead atoms. The van der Waals surface area contributed by atoms with Crippen LogP contribution in [0.3, 0.4) is 0 Å². The van der Waals surface area contributed by atoms with Crippen LogP contribution in [0.25, 0.3) is 0 Å². The van der Waals surface area contributed by atoms with E-state index in [9.17, 15) is 28.1 Å². The van der Waals surface area contributed by atoms with Crippen molar-refractivity contribution in [2.75, 3.05) is 13.4 Å². The van der Waals surface area contributed by atoms with Crippen molar-refractivity contribution in [1.82, 2.24) is 0 Å². The molecule has 0 saturated heterocycles. The Kier molecular flexibility index (Phi) is 5.61. The number of methoxy groups -OCH3 is 1. The van der Waals surface area contributed by atoms with E-state index < -0.39 is 49.1 Å². The van der Waals surface area contributed by atoms with Crippen LogP contribution in [0.1, 0.15) is 38.1 Å². The molecule has 0 unspecified atom stereocenters. The number of carbonyl (C=O) groups excluding carboxylic acids is 2. The molecule has 1 aromatic carbocycles. The van der Waals surface area contributed by atoms with Crippen LogP contribution in [0.15, 0.2) is 29.5 Å². The van der Waals surface area contributed by atoms with Crippen LogP contribution < -0.4 is 4.18 Å². The SMILES string of the molecule is COC1=C(C(=O)c2ccc(OS(C)(=O)=O)cc2[N+](=O)[O-])C(=O)C(C)(C)OC1(C)C. The molecule has 0 fully saturated rings. The van der Waals surface area contributed by atoms with Gasteiger partial charge in [-0.05, 0) is 39.8 Å². The van der Waals surface area contributed by atoms with Crippen molar-refractivity contribution in [2.24, 2.45) is 0 Å². The standard InChI is InChI=1S/C18H21NO9S/c1-17(2)15(21)13(16(26-5)18(3,4)28-17)14(20)11-8-7-10(27-29(6,24)25)9-12(11)19(22)23/h7-9H,1-6H3. The molecule has 0 radical (unpaired) electrons. The largest absolute Gasteiger partial charge is 0.497 e. The Balaban J connectivity index is 2.70. The van der Waals surface area contributed by atoms with Gasteiger partial charge in [0.2, 0.25) is 11.6 Å². The van der Waals surface area contributed by atoms with Gasteiger partial charge in [-0.25, -0.2) is 0 Å². The van der Waals surface area contributed by atoms with Gasteiger partial charge in [-0.2, -0.15) is 8.42 Å². The summed E-state index contributed by atoms with van der Waals surface area (Å²) in [6.07, 6.45) is 0.776. The topological polar surface area (TPSA) is 139 Å². The molecule has 0 aliphatic carbocycles. The number of hydrogen-bond donors (Lipinski definition) is 0. The van der Waals surface area contributed by atoms with Gasteiger partial charge in [0.05, 0.1) is 24.4 Å². The number of rotatable bonds is 6. The molecule has 10 nitrogen and oxygen atoms in total. The summed E-state index contributed by atoms with van der Waals surface area (Å²) in [6.45, 7) is 6.16. The summed E-state index contributed by atoms with van der Waals surface area (Å²) >= 11 is 0. The highest BCUT2D eigenvalue weighted by Gasteiger charge is 2.50. The minimum atomic E-state index is -3.93. The summed E-state index contributed by atoms with van der Waals surface area (Å²) in [7, 11) is -2.67. The van der Waals surface area contributed by atoms with Gasteiger partial charge in [-0.1, -0.05) is 0 Å². The summed E-state index contributed by atoms with van der Waals surface area (Å²) in [5, 5.41) is 11.5. The van der Waals surface area contributed by atoms with Crippen LogP contribution >= 0.6 is 0 Å². The number of ketones is 2. The Morgan fingerprint density at radius 3 is 2.24 bits per heavy atom. The van der Waals surface area contributed by atoms with E-state index in [1.807, 2.05) is 0 Å². The molecular weight excluding hydrogens is 406 g/mol. The van der Waals surface area contributed by atoms with Crippen molar-refractivity contribution >= 4 is 27.4 Å². The van der Waals surface area contributed by atoms with Gasteiger partial charge in [0.25, 0.3) is 5.69 Å². The Morgan fingerprint density at radius 1 is 1.17 bits per heavy atom. The maximum atomic E-state index is 13.2. The Hall–Kier alpha value is -2.79. The quantitative estimate of drug-likeness (QED) is 0.220. The first-order valence-electron chi connectivity index (χ1n) is 8.37. The van der Waals surface area contributed by atoms with Gasteiger partial charge in [0, 0.05) is 0 Å². The number of carbonyl (C=O) groups is 2. The number of nitrogens with zero attached hydrogens (tertiary/aromatic N) is 1. The molecule has 11 heteroatoms. The fourth-order valence-corrected chi connectivity index (χ4v) is 3.66. The van der Waals surface area contributed by atoms with Crippen LogP contribution in [0.5, 0.6) is 5.75 Å². The zero-order valence-corrected chi connectivity index (χ0v) is 17.6. The molecule has 0 spiro atoms. The van der Waals surface area contributed by atoms with Crippen molar-refractivity contribution in [1.29, 1.82) is 0 Å². The minimum absolute atomic E-state index is 0.0578. The van der Waals surface area contributed by atoms with E-state index in [2.05, 4.69) is 4.18 Å². The molecule has 0 saturated carbocycles. The Morgan fingerprint density at radius 2 is 1.76 bits per heavy atom. The van der Waals surface area contributed by atoms with Crippen molar-refractivity contribution in [2.45, 2.75) is 38.9 Å². The highest BCUT2D eigenvalue weighted by Crippen LogP contribution is 2.39. The third-order valence-corrected chi connectivity index (χ3v) is 4.64. The molecule has 1 aliphatic rings. The zero-order valence-electron chi connectivity index (χ0n) is 16.8. The molecule has 0 atom stereocenters. The molecule has 29 heavy (non-hydrogen) atoms. The maximum absolute atomic E-state index is 13.2. The number of hydrogen-bond acceptors (Lipinski definition) is 9. The second-order valence-electron chi connectivity index (χ2n) is 7.41. The average molecular weight is 427 g/mol. The van der Waals surface area contributed by atoms with Crippen LogP contribution in [0.4, 0.5) is 5.69 Å². The van der Waals surface area contributed by atoms with Gasteiger partial charge in [0.1, 0.15) is 33.8 Å². The maximum Gasteiger partial charge on any atom is 0.306 e. The lowest BCUT2D eigenvalue weighted by atomic mass is 9.82. The fraction of sp³-hybridized carbons (Fsp3) is 0.444. The first-order valence-corrected chi connectivity index (χ1v) is 10.2. The Labute approximate surface area is 167 Å². The smallest absolute Gasteiger partial charge is 0.306 e. The highest BCUT2D eigenvalue weighted by atomic mass is 32.2. The summed E-state index contributed by atoms with van der Waals surface area (Å²) in [5.41, 5.74) is -4.01. The summed E-state index contributed by atoms with van der Waals surface area (Å²) in [4.78, 5) is 36.7. The van der Waals surface area contributed by atoms with Gasteiger partial charge >= 0.3 is 10.1 Å². The van der Waals surface area contributed by atoms with Crippen molar-refractivity contribution in [3.63, 3.8) is 0 Å². The second kappa shape index (κ2) is 7.23. The molecule has 1 heterocycles. The Bertz CT molecular complexity index is 1040. The van der Waals surface area contributed by atoms with Gasteiger partial charge in [-0.3, -0.25) is 19.7 Å². The molecule has 158 valence electrons. The zero-order chi connectivity index (χ0) is 22.4. The van der Waals surface area contributed by atoms with E-state index in [1.54, 1.807) is 13.8 Å². The third kappa shape index (κ3) is 4.46. The molecule has 0 aromatic heterocycles. The third-order valence-electron chi connectivity index (χ3n) is 4.15.